The smallest absolute Gasteiger partial charge is 0.341 e. The highest BCUT2D eigenvalue weighted by atomic mass is 32.2. The van der Waals surface area contributed by atoms with E-state index in [0.717, 1.165) is 0 Å². The van der Waals surface area contributed by atoms with Gasteiger partial charge in [-0.25, -0.2) is 26.7 Å². The number of carbonyl (C=O) groups is 1. The number of sulfonamides is 1. The molecule has 1 aromatic carbocycles. The number of rotatable bonds is 7. The van der Waals surface area contributed by atoms with Crippen molar-refractivity contribution in [2.75, 3.05) is 12.8 Å². The number of benzene rings is 1. The van der Waals surface area contributed by atoms with Crippen molar-refractivity contribution in [3.05, 3.63) is 29.3 Å². The van der Waals surface area contributed by atoms with E-state index in [-0.39, 0.29) is 11.8 Å². The first-order valence-corrected chi connectivity index (χ1v) is 8.71. The molecule has 0 aromatic heterocycles. The van der Waals surface area contributed by atoms with Gasteiger partial charge < -0.3 is 5.11 Å². The maximum Gasteiger partial charge on any atom is 0.341 e. The summed E-state index contributed by atoms with van der Waals surface area (Å²) in [5.74, 6) is -4.79. The molecule has 0 saturated heterocycles. The number of halogens is 2. The lowest BCUT2D eigenvalue weighted by Gasteiger charge is -2.11. The predicted molar refractivity (Wildman–Crippen MR) is 76.1 cm³/mol. The summed E-state index contributed by atoms with van der Waals surface area (Å²) in [4.78, 5) is 9.89. The van der Waals surface area contributed by atoms with Gasteiger partial charge in [-0.15, -0.1) is 0 Å². The van der Waals surface area contributed by atoms with Crippen LogP contribution in [0.3, 0.4) is 0 Å². The molecule has 1 atom stereocenters. The van der Waals surface area contributed by atoms with Crippen LogP contribution in [-0.2, 0) is 10.0 Å². The molecule has 118 valence electrons. The number of carboxylic acid groups (broad SMARTS) is 1. The fourth-order valence-electron chi connectivity index (χ4n) is 1.53. The summed E-state index contributed by atoms with van der Waals surface area (Å²) in [6.45, 7) is 1.98. The van der Waals surface area contributed by atoms with Gasteiger partial charge in [0.05, 0.1) is 0 Å². The van der Waals surface area contributed by atoms with Crippen LogP contribution in [0.25, 0.3) is 0 Å². The topological polar surface area (TPSA) is 83.5 Å². The van der Waals surface area contributed by atoms with E-state index in [1.165, 1.54) is 0 Å². The molecule has 0 heterocycles. The van der Waals surface area contributed by atoms with Crippen molar-refractivity contribution in [1.29, 1.82) is 0 Å². The van der Waals surface area contributed by atoms with Crippen LogP contribution in [0.2, 0.25) is 0 Å². The van der Waals surface area contributed by atoms with Crippen LogP contribution in [0.4, 0.5) is 8.78 Å². The summed E-state index contributed by atoms with van der Waals surface area (Å²) in [6.07, 6.45) is 2.40. The Hall–Kier alpha value is -1.19. The highest BCUT2D eigenvalue weighted by Crippen LogP contribution is 2.21. The lowest BCUT2D eigenvalue weighted by molar-refractivity contribution is 0.0685. The summed E-state index contributed by atoms with van der Waals surface area (Å²) in [7, 11) is -4.23. The second-order valence-corrected chi connectivity index (χ2v) is 7.28. The van der Waals surface area contributed by atoms with Gasteiger partial charge in [-0.2, -0.15) is 11.8 Å². The zero-order valence-corrected chi connectivity index (χ0v) is 13.0. The third-order valence-corrected chi connectivity index (χ3v) is 5.32. The molecule has 0 spiro atoms. The first-order chi connectivity index (χ1) is 9.70. The Kier molecular flexibility index (Phi) is 6.11. The third-order valence-electron chi connectivity index (χ3n) is 2.80. The fourth-order valence-corrected chi connectivity index (χ4v) is 3.01. The van der Waals surface area contributed by atoms with E-state index in [2.05, 4.69) is 4.72 Å². The van der Waals surface area contributed by atoms with E-state index < -0.39 is 38.1 Å². The maximum absolute atomic E-state index is 13.9. The lowest BCUT2D eigenvalue weighted by Crippen LogP contribution is -2.27. The van der Waals surface area contributed by atoms with Gasteiger partial charge >= 0.3 is 5.97 Å². The van der Waals surface area contributed by atoms with Gasteiger partial charge in [0.25, 0.3) is 0 Å². The zero-order chi connectivity index (χ0) is 16.2. The van der Waals surface area contributed by atoms with Crippen molar-refractivity contribution in [3.8, 4) is 0 Å². The first kappa shape index (κ1) is 17.9. The van der Waals surface area contributed by atoms with Crippen LogP contribution in [0, 0.1) is 11.6 Å². The van der Waals surface area contributed by atoms with E-state index in [9.17, 15) is 22.0 Å². The summed E-state index contributed by atoms with van der Waals surface area (Å²) in [6, 6.07) is 1.32. The van der Waals surface area contributed by atoms with Gasteiger partial charge in [-0.05, 0) is 24.8 Å². The van der Waals surface area contributed by atoms with E-state index in [1.54, 1.807) is 11.8 Å². The lowest BCUT2D eigenvalue weighted by atomic mass is 10.2. The third kappa shape index (κ3) is 4.39. The van der Waals surface area contributed by atoms with E-state index in [0.29, 0.717) is 18.6 Å². The molecular weight excluding hydrogens is 324 g/mol. The van der Waals surface area contributed by atoms with Gasteiger partial charge in [-0.1, -0.05) is 6.92 Å². The van der Waals surface area contributed by atoms with E-state index in [1.807, 2.05) is 13.2 Å². The molecule has 0 aliphatic rings. The zero-order valence-electron chi connectivity index (χ0n) is 11.4. The number of hydrogen-bond donors (Lipinski definition) is 2. The molecule has 0 bridgehead atoms. The molecular formula is C12H15F2NO4S2. The highest BCUT2D eigenvalue weighted by molar-refractivity contribution is 7.99. The minimum absolute atomic E-state index is 0.0730. The second kappa shape index (κ2) is 7.19. The maximum atomic E-state index is 13.9. The SMILES string of the molecule is CSC(C)CCNS(=O)(=O)c1ccc(F)c(C(=O)O)c1F. The molecule has 1 rings (SSSR count). The van der Waals surface area contributed by atoms with Gasteiger partial charge in [0.2, 0.25) is 10.0 Å². The molecule has 1 unspecified atom stereocenters. The summed E-state index contributed by atoms with van der Waals surface area (Å²) in [5, 5.41) is 8.93. The Morgan fingerprint density at radius 2 is 2.05 bits per heavy atom. The Balaban J connectivity index is 3.04. The minimum Gasteiger partial charge on any atom is -0.477 e. The first-order valence-electron chi connectivity index (χ1n) is 5.94. The average Bonchev–Trinajstić information content (AvgIpc) is 2.37. The van der Waals surface area contributed by atoms with Crippen LogP contribution in [-0.4, -0.2) is 37.5 Å². The molecule has 0 aliphatic heterocycles. The molecule has 9 heteroatoms. The summed E-state index contributed by atoms with van der Waals surface area (Å²) < 4.78 is 53.2. The number of aromatic carboxylic acids is 1. The monoisotopic (exact) mass is 339 g/mol. The Bertz CT molecular complexity index is 634. The molecule has 0 radical (unpaired) electrons. The summed E-state index contributed by atoms with van der Waals surface area (Å²) in [5.41, 5.74) is -1.28. The molecule has 2 N–H and O–H groups in total. The van der Waals surface area contributed by atoms with Crippen molar-refractivity contribution < 1.29 is 27.1 Å². The van der Waals surface area contributed by atoms with Crippen molar-refractivity contribution in [2.24, 2.45) is 0 Å². The number of nitrogens with one attached hydrogen (secondary N) is 1. The normalized spacial score (nSPS) is 13.1. The van der Waals surface area contributed by atoms with Crippen LogP contribution >= 0.6 is 11.8 Å². The van der Waals surface area contributed by atoms with E-state index in [4.69, 9.17) is 5.11 Å². The average molecular weight is 339 g/mol. The Morgan fingerprint density at radius 1 is 1.43 bits per heavy atom. The molecule has 0 amide bonds. The Morgan fingerprint density at radius 3 is 2.57 bits per heavy atom. The van der Waals surface area contributed by atoms with Gasteiger partial charge in [0, 0.05) is 11.8 Å². The second-order valence-electron chi connectivity index (χ2n) is 4.27. The molecule has 21 heavy (non-hydrogen) atoms. The van der Waals surface area contributed by atoms with Gasteiger partial charge in [-0.3, -0.25) is 0 Å². The van der Waals surface area contributed by atoms with Crippen molar-refractivity contribution in [2.45, 2.75) is 23.5 Å². The number of thioether (sulfide) groups is 1. The van der Waals surface area contributed by atoms with Crippen LogP contribution in [0.1, 0.15) is 23.7 Å². The van der Waals surface area contributed by atoms with Crippen molar-refractivity contribution in [1.82, 2.24) is 4.72 Å². The van der Waals surface area contributed by atoms with Crippen LogP contribution < -0.4 is 4.72 Å². The molecule has 0 saturated carbocycles. The Labute approximate surface area is 125 Å². The molecule has 0 fully saturated rings. The highest BCUT2D eigenvalue weighted by Gasteiger charge is 2.26. The summed E-state index contributed by atoms with van der Waals surface area (Å²) >= 11 is 1.55. The number of hydrogen-bond acceptors (Lipinski definition) is 4. The van der Waals surface area contributed by atoms with Crippen molar-refractivity contribution in [3.63, 3.8) is 0 Å². The van der Waals surface area contributed by atoms with Crippen molar-refractivity contribution >= 4 is 27.8 Å². The number of carboxylic acids is 1. The fraction of sp³-hybridized carbons (Fsp3) is 0.417. The molecule has 5 nitrogen and oxygen atoms in total. The van der Waals surface area contributed by atoms with Crippen LogP contribution in [0.15, 0.2) is 17.0 Å². The minimum atomic E-state index is -4.23. The van der Waals surface area contributed by atoms with Gasteiger partial charge in [0.15, 0.2) is 5.82 Å². The molecule has 1 aromatic rings. The van der Waals surface area contributed by atoms with Gasteiger partial charge in [0.1, 0.15) is 16.3 Å². The largest absolute Gasteiger partial charge is 0.477 e. The predicted octanol–water partition coefficient (Wildman–Crippen LogP) is 2.08. The standard InChI is InChI=1S/C12H15F2NO4S2/c1-7(20-2)5-6-15-21(18,19)9-4-3-8(13)10(11(9)14)12(16)17/h3-4,7,15H,5-6H2,1-2H3,(H,16,17). The van der Waals surface area contributed by atoms with Crippen LogP contribution in [0.5, 0.6) is 0 Å². The van der Waals surface area contributed by atoms with E-state index >= 15 is 0 Å². The quantitative estimate of drug-likeness (QED) is 0.795. The molecule has 0 aliphatic carbocycles.